The van der Waals surface area contributed by atoms with E-state index in [-0.39, 0.29) is 0 Å². The van der Waals surface area contributed by atoms with E-state index < -0.39 is 0 Å². The van der Waals surface area contributed by atoms with Crippen LogP contribution in [0.25, 0.3) is 5.82 Å². The lowest BCUT2D eigenvalue weighted by molar-refractivity contribution is 0.991. The topological polar surface area (TPSA) is 58.5 Å². The first-order valence-electron chi connectivity index (χ1n) is 5.72. The second-order valence-electron chi connectivity index (χ2n) is 3.95. The van der Waals surface area contributed by atoms with Crippen LogP contribution in [0, 0.1) is 0 Å². The average molecular weight is 239 g/mol. The van der Waals surface area contributed by atoms with E-state index in [0.29, 0.717) is 0 Å². The summed E-state index contributed by atoms with van der Waals surface area (Å²) in [7, 11) is 0. The van der Waals surface area contributed by atoms with Crippen molar-refractivity contribution in [2.75, 3.05) is 5.32 Å². The second-order valence-corrected chi connectivity index (χ2v) is 3.95. The summed E-state index contributed by atoms with van der Waals surface area (Å²) in [6, 6.07) is 6.01. The zero-order chi connectivity index (χ0) is 12.2. The molecule has 0 amide bonds. The minimum absolute atomic E-state index is 0.787. The van der Waals surface area contributed by atoms with Gasteiger partial charge in [0.05, 0.1) is 11.9 Å². The Balaban J connectivity index is 1.68. The molecule has 2 N–H and O–H groups in total. The van der Waals surface area contributed by atoms with Crippen LogP contribution in [0.15, 0.2) is 55.5 Å². The van der Waals surface area contributed by atoms with Crippen molar-refractivity contribution in [1.29, 1.82) is 0 Å². The molecule has 0 spiro atoms. The van der Waals surface area contributed by atoms with Crippen LogP contribution in [0.1, 0.15) is 5.56 Å². The molecule has 3 heterocycles. The van der Waals surface area contributed by atoms with Crippen molar-refractivity contribution >= 4 is 5.69 Å². The quantitative estimate of drug-likeness (QED) is 0.733. The predicted octanol–water partition coefficient (Wildman–Crippen LogP) is 2.21. The third kappa shape index (κ3) is 2.24. The van der Waals surface area contributed by atoms with E-state index in [1.807, 2.05) is 47.6 Å². The maximum Gasteiger partial charge on any atom is 0.137 e. The maximum absolute atomic E-state index is 4.37. The predicted molar refractivity (Wildman–Crippen MR) is 69.5 cm³/mol. The van der Waals surface area contributed by atoms with Crippen LogP contribution in [0.4, 0.5) is 5.69 Å². The van der Waals surface area contributed by atoms with E-state index in [9.17, 15) is 0 Å². The van der Waals surface area contributed by atoms with Crippen LogP contribution >= 0.6 is 0 Å². The van der Waals surface area contributed by atoms with Crippen molar-refractivity contribution in [2.24, 2.45) is 0 Å². The summed E-state index contributed by atoms with van der Waals surface area (Å²) >= 11 is 0. The van der Waals surface area contributed by atoms with Crippen LogP contribution in [0.5, 0.6) is 0 Å². The van der Waals surface area contributed by atoms with Gasteiger partial charge in [0.25, 0.3) is 0 Å². The Hall–Kier alpha value is -2.56. The van der Waals surface area contributed by atoms with Gasteiger partial charge in [0, 0.05) is 31.3 Å². The Morgan fingerprint density at radius 3 is 2.94 bits per heavy atom. The number of pyridine rings is 1. The van der Waals surface area contributed by atoms with Gasteiger partial charge >= 0.3 is 0 Å². The Morgan fingerprint density at radius 1 is 1.28 bits per heavy atom. The molecule has 0 aliphatic carbocycles. The molecule has 0 fully saturated rings. The van der Waals surface area contributed by atoms with E-state index >= 15 is 0 Å². The molecule has 0 radical (unpaired) electrons. The number of H-pyrrole nitrogens is 1. The van der Waals surface area contributed by atoms with Gasteiger partial charge in [-0.05, 0) is 23.8 Å². The number of hydrogen-bond donors (Lipinski definition) is 2. The summed E-state index contributed by atoms with van der Waals surface area (Å²) in [5.41, 5.74) is 2.22. The van der Waals surface area contributed by atoms with Gasteiger partial charge in [0.1, 0.15) is 12.1 Å². The highest BCUT2D eigenvalue weighted by atomic mass is 15.1. The van der Waals surface area contributed by atoms with Gasteiger partial charge in [-0.1, -0.05) is 0 Å². The molecule has 3 aromatic heterocycles. The Morgan fingerprint density at radius 2 is 2.28 bits per heavy atom. The summed E-state index contributed by atoms with van der Waals surface area (Å²) in [5, 5.41) is 3.31. The highest BCUT2D eigenvalue weighted by Gasteiger charge is 1.98. The Kier molecular flexibility index (Phi) is 2.79. The van der Waals surface area contributed by atoms with Gasteiger partial charge in [0.15, 0.2) is 0 Å². The van der Waals surface area contributed by atoms with Gasteiger partial charge in [0.2, 0.25) is 0 Å². The Labute approximate surface area is 105 Å². The highest BCUT2D eigenvalue weighted by Crippen LogP contribution is 2.10. The molecule has 5 nitrogen and oxygen atoms in total. The van der Waals surface area contributed by atoms with Crippen molar-refractivity contribution in [1.82, 2.24) is 19.5 Å². The van der Waals surface area contributed by atoms with E-state index in [1.54, 1.807) is 12.5 Å². The van der Waals surface area contributed by atoms with Gasteiger partial charge in [-0.15, -0.1) is 0 Å². The monoisotopic (exact) mass is 239 g/mol. The van der Waals surface area contributed by atoms with Crippen molar-refractivity contribution in [3.63, 3.8) is 0 Å². The molecule has 3 rings (SSSR count). The minimum Gasteiger partial charge on any atom is -0.380 e. The van der Waals surface area contributed by atoms with E-state index in [2.05, 4.69) is 20.3 Å². The molecule has 18 heavy (non-hydrogen) atoms. The molecule has 0 aliphatic rings. The molecule has 0 unspecified atom stereocenters. The molecule has 5 heteroatoms. The molecule has 3 aromatic rings. The van der Waals surface area contributed by atoms with Crippen molar-refractivity contribution in [3.05, 3.63) is 61.1 Å². The Bertz CT molecular complexity index is 581. The highest BCUT2D eigenvalue weighted by molar-refractivity contribution is 5.44. The molecular formula is C13H13N5. The van der Waals surface area contributed by atoms with Gasteiger partial charge in [-0.2, -0.15) is 0 Å². The fourth-order valence-corrected chi connectivity index (χ4v) is 1.71. The number of rotatable bonds is 4. The maximum atomic E-state index is 4.37. The zero-order valence-electron chi connectivity index (χ0n) is 9.74. The molecule has 0 aromatic carbocycles. The molecule has 0 saturated heterocycles. The summed E-state index contributed by atoms with van der Waals surface area (Å²) < 4.78 is 1.87. The lowest BCUT2D eigenvalue weighted by atomic mass is 10.3. The lowest BCUT2D eigenvalue weighted by Crippen LogP contribution is -2.00. The number of aromatic amines is 1. The standard InChI is InChI=1S/C13H13N5/c1-2-13(18-6-5-15-10-18)17-9-12(1)16-8-11-3-4-14-7-11/h1-7,9-10,14,16H,8H2. The average Bonchev–Trinajstić information content (AvgIpc) is 3.10. The molecule has 0 atom stereocenters. The largest absolute Gasteiger partial charge is 0.380 e. The lowest BCUT2D eigenvalue weighted by Gasteiger charge is -2.06. The summed E-state index contributed by atoms with van der Waals surface area (Å²) in [4.78, 5) is 11.4. The van der Waals surface area contributed by atoms with Crippen LogP contribution in [0.3, 0.4) is 0 Å². The minimum atomic E-state index is 0.787. The van der Waals surface area contributed by atoms with Crippen molar-refractivity contribution in [2.45, 2.75) is 6.54 Å². The van der Waals surface area contributed by atoms with Gasteiger partial charge < -0.3 is 10.3 Å². The number of aromatic nitrogens is 4. The summed E-state index contributed by atoms with van der Waals surface area (Å²) in [6.45, 7) is 0.787. The zero-order valence-corrected chi connectivity index (χ0v) is 9.74. The first kappa shape index (κ1) is 10.6. The van der Waals surface area contributed by atoms with Crippen molar-refractivity contribution < 1.29 is 0 Å². The molecule has 0 saturated carbocycles. The fraction of sp³-hybridized carbons (Fsp3) is 0.0769. The fourth-order valence-electron chi connectivity index (χ4n) is 1.71. The number of nitrogens with zero attached hydrogens (tertiary/aromatic N) is 3. The number of hydrogen-bond acceptors (Lipinski definition) is 3. The van der Waals surface area contributed by atoms with Crippen LogP contribution < -0.4 is 5.32 Å². The summed E-state index contributed by atoms with van der Waals surface area (Å²) in [5.74, 6) is 0.861. The second kappa shape index (κ2) is 4.75. The number of anilines is 1. The normalized spacial score (nSPS) is 10.4. The van der Waals surface area contributed by atoms with Crippen LogP contribution in [-0.4, -0.2) is 19.5 Å². The van der Waals surface area contributed by atoms with Crippen molar-refractivity contribution in [3.8, 4) is 5.82 Å². The molecule has 90 valence electrons. The third-order valence-corrected chi connectivity index (χ3v) is 2.68. The first-order chi connectivity index (χ1) is 8.92. The number of imidazole rings is 1. The van der Waals surface area contributed by atoms with Crippen LogP contribution in [0.2, 0.25) is 0 Å². The van der Waals surface area contributed by atoms with E-state index in [4.69, 9.17) is 0 Å². The molecule has 0 bridgehead atoms. The first-order valence-corrected chi connectivity index (χ1v) is 5.72. The van der Waals surface area contributed by atoms with E-state index in [0.717, 1.165) is 18.1 Å². The van der Waals surface area contributed by atoms with Gasteiger partial charge in [-0.25, -0.2) is 9.97 Å². The van der Waals surface area contributed by atoms with Crippen LogP contribution in [-0.2, 0) is 6.54 Å². The number of nitrogens with one attached hydrogen (secondary N) is 2. The van der Waals surface area contributed by atoms with E-state index in [1.165, 1.54) is 5.56 Å². The smallest absolute Gasteiger partial charge is 0.137 e. The molecular weight excluding hydrogens is 226 g/mol. The summed E-state index contributed by atoms with van der Waals surface area (Å²) in [6.07, 6.45) is 11.0. The van der Waals surface area contributed by atoms with Gasteiger partial charge in [-0.3, -0.25) is 4.57 Å². The third-order valence-electron chi connectivity index (χ3n) is 2.68. The molecule has 0 aliphatic heterocycles. The SMILES string of the molecule is c1cn(-c2ccc(NCc3cc[nH]c3)cn2)cn1.